The highest BCUT2D eigenvalue weighted by atomic mass is 79.9. The smallest absolute Gasteiger partial charge is 0.159 e. The molecular weight excluding hydrogens is 304 g/mol. The number of hydrogen-bond acceptors (Lipinski definition) is 2. The molecule has 18 heavy (non-hydrogen) atoms. The molecule has 1 aromatic rings. The summed E-state index contributed by atoms with van der Waals surface area (Å²) in [6.07, 6.45) is 0.159. The fourth-order valence-electron chi connectivity index (χ4n) is 2.06. The summed E-state index contributed by atoms with van der Waals surface area (Å²) in [4.78, 5) is 2.22. The molecule has 0 bridgehead atoms. The van der Waals surface area contributed by atoms with Crippen LogP contribution in [0.1, 0.15) is 12.5 Å². The van der Waals surface area contributed by atoms with E-state index in [1.807, 2.05) is 0 Å². The average Bonchev–Trinajstić information content (AvgIpc) is 2.36. The van der Waals surface area contributed by atoms with Crippen molar-refractivity contribution in [2.75, 3.05) is 18.5 Å². The molecular formula is C13H16BrF2NO. The Labute approximate surface area is 114 Å². The Kier molecular flexibility index (Phi) is 4.70. The minimum atomic E-state index is -0.799. The zero-order valence-corrected chi connectivity index (χ0v) is 11.8. The summed E-state index contributed by atoms with van der Waals surface area (Å²) in [5.41, 5.74) is 0.788. The average molecular weight is 320 g/mol. The maximum Gasteiger partial charge on any atom is 0.159 e. The van der Waals surface area contributed by atoms with Gasteiger partial charge in [0, 0.05) is 24.5 Å². The van der Waals surface area contributed by atoms with Gasteiger partial charge in [0.25, 0.3) is 0 Å². The molecule has 2 rings (SSSR count). The van der Waals surface area contributed by atoms with Crippen LogP contribution < -0.4 is 0 Å². The predicted octanol–water partition coefficient (Wildman–Crippen LogP) is 2.95. The van der Waals surface area contributed by atoms with Gasteiger partial charge >= 0.3 is 0 Å². The molecule has 0 aliphatic carbocycles. The Balaban J connectivity index is 2.04. The molecule has 1 saturated heterocycles. The van der Waals surface area contributed by atoms with Crippen LogP contribution in [0.2, 0.25) is 0 Å². The number of nitrogens with zero attached hydrogens (tertiary/aromatic N) is 1. The molecule has 0 aromatic heterocycles. The largest absolute Gasteiger partial charge is 0.374 e. The van der Waals surface area contributed by atoms with Crippen LogP contribution in [-0.4, -0.2) is 35.5 Å². The van der Waals surface area contributed by atoms with Gasteiger partial charge in [-0.3, -0.25) is 4.90 Å². The summed E-state index contributed by atoms with van der Waals surface area (Å²) in [5, 5.41) is 0.786. The Morgan fingerprint density at radius 1 is 1.39 bits per heavy atom. The molecule has 0 saturated carbocycles. The second-order valence-corrected chi connectivity index (χ2v) is 5.28. The number of ether oxygens (including phenoxy) is 1. The van der Waals surface area contributed by atoms with Crippen molar-refractivity contribution < 1.29 is 13.5 Å². The van der Waals surface area contributed by atoms with Gasteiger partial charge in [-0.1, -0.05) is 22.0 Å². The van der Waals surface area contributed by atoms with Crippen LogP contribution in [0.15, 0.2) is 18.2 Å². The van der Waals surface area contributed by atoms with Crippen molar-refractivity contribution in [1.29, 1.82) is 0 Å². The Morgan fingerprint density at radius 2 is 2.17 bits per heavy atom. The van der Waals surface area contributed by atoms with Gasteiger partial charge in [-0.2, -0.15) is 0 Å². The van der Waals surface area contributed by atoms with Crippen molar-refractivity contribution in [3.05, 3.63) is 35.4 Å². The normalized spacial score (nSPS) is 25.3. The molecule has 100 valence electrons. The van der Waals surface area contributed by atoms with Gasteiger partial charge in [0.1, 0.15) is 0 Å². The summed E-state index contributed by atoms with van der Waals surface area (Å²) in [7, 11) is 0. The van der Waals surface area contributed by atoms with Gasteiger partial charge in [-0.25, -0.2) is 8.78 Å². The molecule has 0 radical (unpaired) electrons. The second-order valence-electron chi connectivity index (χ2n) is 4.64. The van der Waals surface area contributed by atoms with E-state index in [0.717, 1.165) is 17.4 Å². The van der Waals surface area contributed by atoms with Crippen LogP contribution in [0.25, 0.3) is 0 Å². The van der Waals surface area contributed by atoms with Crippen LogP contribution >= 0.6 is 15.9 Å². The molecule has 0 amide bonds. The number of alkyl halides is 1. The summed E-state index contributed by atoms with van der Waals surface area (Å²) in [6, 6.07) is 4.36. The minimum Gasteiger partial charge on any atom is -0.374 e. The SMILES string of the molecule is CC1COC(CBr)CN1Cc1ccc(F)c(F)c1. The van der Waals surface area contributed by atoms with Gasteiger partial charge in [0.15, 0.2) is 11.6 Å². The van der Waals surface area contributed by atoms with E-state index in [-0.39, 0.29) is 12.1 Å². The molecule has 5 heteroatoms. The first-order valence-electron chi connectivity index (χ1n) is 5.95. The molecule has 1 fully saturated rings. The lowest BCUT2D eigenvalue weighted by Gasteiger charge is -2.37. The van der Waals surface area contributed by atoms with E-state index in [0.29, 0.717) is 13.2 Å². The molecule has 0 N–H and O–H groups in total. The fourth-order valence-corrected chi connectivity index (χ4v) is 2.45. The van der Waals surface area contributed by atoms with Gasteiger partial charge in [-0.15, -0.1) is 0 Å². The van der Waals surface area contributed by atoms with Crippen LogP contribution in [0.3, 0.4) is 0 Å². The molecule has 2 atom stereocenters. The lowest BCUT2D eigenvalue weighted by molar-refractivity contribution is -0.0500. The first kappa shape index (κ1) is 13.9. The highest BCUT2D eigenvalue weighted by molar-refractivity contribution is 9.09. The van der Waals surface area contributed by atoms with E-state index in [4.69, 9.17) is 4.74 Å². The van der Waals surface area contributed by atoms with Crippen molar-refractivity contribution in [3.63, 3.8) is 0 Å². The van der Waals surface area contributed by atoms with Gasteiger partial charge in [0.05, 0.1) is 12.7 Å². The topological polar surface area (TPSA) is 12.5 Å². The predicted molar refractivity (Wildman–Crippen MR) is 69.8 cm³/mol. The molecule has 0 spiro atoms. The van der Waals surface area contributed by atoms with Gasteiger partial charge < -0.3 is 4.74 Å². The van der Waals surface area contributed by atoms with E-state index < -0.39 is 11.6 Å². The van der Waals surface area contributed by atoms with E-state index in [2.05, 4.69) is 27.8 Å². The quantitative estimate of drug-likeness (QED) is 0.794. The van der Waals surface area contributed by atoms with E-state index in [1.165, 1.54) is 12.1 Å². The zero-order valence-electron chi connectivity index (χ0n) is 10.2. The standard InChI is InChI=1S/C13H16BrF2NO/c1-9-8-18-11(5-14)7-17(9)6-10-2-3-12(15)13(16)4-10/h2-4,9,11H,5-8H2,1H3. The van der Waals surface area contributed by atoms with Crippen molar-refractivity contribution >= 4 is 15.9 Å². The molecule has 1 aliphatic rings. The number of hydrogen-bond donors (Lipinski definition) is 0. The molecule has 2 unspecified atom stereocenters. The Hall–Kier alpha value is -0.520. The highest BCUT2D eigenvalue weighted by Gasteiger charge is 2.25. The van der Waals surface area contributed by atoms with E-state index in [1.54, 1.807) is 6.07 Å². The lowest BCUT2D eigenvalue weighted by atomic mass is 10.1. The summed E-state index contributed by atoms with van der Waals surface area (Å²) >= 11 is 3.40. The van der Waals surface area contributed by atoms with Crippen LogP contribution in [0, 0.1) is 11.6 Å². The van der Waals surface area contributed by atoms with Crippen molar-refractivity contribution in [2.24, 2.45) is 0 Å². The van der Waals surface area contributed by atoms with Crippen molar-refractivity contribution in [1.82, 2.24) is 4.90 Å². The van der Waals surface area contributed by atoms with Gasteiger partial charge in [-0.05, 0) is 24.6 Å². The maximum absolute atomic E-state index is 13.1. The summed E-state index contributed by atoms with van der Waals surface area (Å²) in [6.45, 7) is 4.15. The number of halogens is 3. The van der Waals surface area contributed by atoms with E-state index >= 15 is 0 Å². The third-order valence-electron chi connectivity index (χ3n) is 3.18. The van der Waals surface area contributed by atoms with Crippen LogP contribution in [0.5, 0.6) is 0 Å². The number of morpholine rings is 1. The van der Waals surface area contributed by atoms with E-state index in [9.17, 15) is 8.78 Å². The fraction of sp³-hybridized carbons (Fsp3) is 0.538. The third kappa shape index (κ3) is 3.28. The molecule has 2 nitrogen and oxygen atoms in total. The molecule has 1 heterocycles. The van der Waals surface area contributed by atoms with Crippen LogP contribution in [-0.2, 0) is 11.3 Å². The molecule has 1 aromatic carbocycles. The first-order chi connectivity index (χ1) is 8.60. The van der Waals surface area contributed by atoms with Crippen LogP contribution in [0.4, 0.5) is 8.78 Å². The first-order valence-corrected chi connectivity index (χ1v) is 7.08. The zero-order chi connectivity index (χ0) is 13.1. The Morgan fingerprint density at radius 3 is 2.83 bits per heavy atom. The lowest BCUT2D eigenvalue weighted by Crippen LogP contribution is -2.48. The van der Waals surface area contributed by atoms with Crippen molar-refractivity contribution in [3.8, 4) is 0 Å². The monoisotopic (exact) mass is 319 g/mol. The summed E-state index contributed by atoms with van der Waals surface area (Å²) in [5.74, 6) is -1.59. The summed E-state index contributed by atoms with van der Waals surface area (Å²) < 4.78 is 31.6. The maximum atomic E-state index is 13.1. The third-order valence-corrected chi connectivity index (χ3v) is 3.90. The number of benzene rings is 1. The number of rotatable bonds is 3. The van der Waals surface area contributed by atoms with Gasteiger partial charge in [0.2, 0.25) is 0 Å². The second kappa shape index (κ2) is 6.08. The minimum absolute atomic E-state index is 0.159. The molecule has 1 aliphatic heterocycles. The Bertz CT molecular complexity index is 416. The highest BCUT2D eigenvalue weighted by Crippen LogP contribution is 2.18. The van der Waals surface area contributed by atoms with Crippen molar-refractivity contribution in [2.45, 2.75) is 25.6 Å².